The number of imidazole rings is 1. The summed E-state index contributed by atoms with van der Waals surface area (Å²) in [5.41, 5.74) is 11.0. The summed E-state index contributed by atoms with van der Waals surface area (Å²) in [6, 6.07) is 55.4. The molecule has 0 N–H and O–H groups in total. The quantitative estimate of drug-likeness (QED) is 0.197. The summed E-state index contributed by atoms with van der Waals surface area (Å²) in [4.78, 5) is 9.58. The highest BCUT2D eigenvalue weighted by atomic mass is 32.1. The van der Waals surface area contributed by atoms with Crippen molar-refractivity contribution in [2.75, 3.05) is 0 Å². The van der Waals surface area contributed by atoms with Crippen LogP contribution in [0.5, 0.6) is 0 Å². The first-order chi connectivity index (χ1) is 23.3. The van der Waals surface area contributed by atoms with Crippen LogP contribution in [0, 0.1) is 0 Å². The Labute approximate surface area is 276 Å². The Bertz CT molecular complexity index is 2580. The van der Waals surface area contributed by atoms with Gasteiger partial charge in [-0.3, -0.25) is 9.55 Å². The molecule has 0 atom stereocenters. The minimum atomic E-state index is -0.571. The topological polar surface area (TPSA) is 30.7 Å². The maximum atomic E-state index is 5.28. The van der Waals surface area contributed by atoms with Crippen LogP contribution in [0.2, 0.25) is 0 Å². The first-order valence-corrected chi connectivity index (χ1v) is 16.7. The average Bonchev–Trinajstić information content (AvgIpc) is 3.72. The van der Waals surface area contributed by atoms with Gasteiger partial charge in [-0.2, -0.15) is 0 Å². The molecular weight excluding hydrogens is 591 g/mol. The van der Waals surface area contributed by atoms with Gasteiger partial charge in [-0.05, 0) is 81.9 Å². The molecule has 0 unspecified atom stereocenters. The van der Waals surface area contributed by atoms with E-state index >= 15 is 0 Å². The third-order valence-corrected chi connectivity index (χ3v) is 10.9. The Kier molecular flexibility index (Phi) is 5.66. The summed E-state index contributed by atoms with van der Waals surface area (Å²) in [7, 11) is 0. The Morgan fingerprint density at radius 2 is 1.19 bits per heavy atom. The van der Waals surface area contributed by atoms with E-state index in [1.165, 1.54) is 53.6 Å². The molecule has 0 saturated heterocycles. The smallest absolute Gasteiger partial charge is 0.145 e. The van der Waals surface area contributed by atoms with E-state index in [9.17, 15) is 0 Å². The molecule has 220 valence electrons. The van der Waals surface area contributed by atoms with Crippen LogP contribution in [0.15, 0.2) is 164 Å². The number of benzene rings is 6. The van der Waals surface area contributed by atoms with Crippen LogP contribution < -0.4 is 0 Å². The molecule has 1 aliphatic heterocycles. The third kappa shape index (κ3) is 3.73. The molecule has 6 aromatic carbocycles. The number of hydrogen-bond acceptors (Lipinski definition) is 3. The number of hydrogen-bond donors (Lipinski definition) is 0. The summed E-state index contributed by atoms with van der Waals surface area (Å²) >= 11 is 1.86. The van der Waals surface area contributed by atoms with Crippen LogP contribution in [-0.2, 0) is 5.41 Å². The summed E-state index contributed by atoms with van der Waals surface area (Å²) in [5.74, 6) is 0.921. The van der Waals surface area contributed by atoms with Gasteiger partial charge >= 0.3 is 0 Å². The van der Waals surface area contributed by atoms with Gasteiger partial charge in [-0.25, -0.2) is 4.98 Å². The van der Waals surface area contributed by atoms with E-state index in [0.717, 1.165) is 28.1 Å². The zero-order chi connectivity index (χ0) is 31.0. The van der Waals surface area contributed by atoms with Crippen molar-refractivity contribution >= 4 is 42.5 Å². The lowest BCUT2D eigenvalue weighted by Crippen LogP contribution is -2.35. The van der Waals surface area contributed by atoms with Crippen LogP contribution in [0.4, 0.5) is 0 Å². The van der Waals surface area contributed by atoms with E-state index in [2.05, 4.69) is 161 Å². The maximum Gasteiger partial charge on any atom is 0.145 e. The van der Waals surface area contributed by atoms with Gasteiger partial charge in [0.1, 0.15) is 5.82 Å². The van der Waals surface area contributed by atoms with Crippen molar-refractivity contribution in [3.63, 3.8) is 0 Å². The molecule has 0 aliphatic carbocycles. The second-order valence-corrected chi connectivity index (χ2v) is 13.3. The molecule has 0 saturated carbocycles. The zero-order valence-corrected chi connectivity index (χ0v) is 26.2. The van der Waals surface area contributed by atoms with Crippen molar-refractivity contribution in [1.82, 2.24) is 14.5 Å². The highest BCUT2D eigenvalue weighted by Crippen LogP contribution is 2.54. The molecule has 4 heterocycles. The zero-order valence-electron chi connectivity index (χ0n) is 25.3. The molecule has 0 spiro atoms. The molecule has 3 aromatic heterocycles. The van der Waals surface area contributed by atoms with Crippen LogP contribution in [0.3, 0.4) is 0 Å². The number of pyridine rings is 1. The Morgan fingerprint density at radius 1 is 0.511 bits per heavy atom. The van der Waals surface area contributed by atoms with Gasteiger partial charge in [0, 0.05) is 38.1 Å². The Morgan fingerprint density at radius 3 is 1.98 bits per heavy atom. The second kappa shape index (κ2) is 10.1. The summed E-state index contributed by atoms with van der Waals surface area (Å²) in [6.07, 6.45) is 3.69. The van der Waals surface area contributed by atoms with E-state index in [0.29, 0.717) is 0 Å². The highest BCUT2D eigenvalue weighted by molar-refractivity contribution is 7.25. The van der Waals surface area contributed by atoms with Crippen molar-refractivity contribution in [2.45, 2.75) is 5.41 Å². The highest BCUT2D eigenvalue weighted by Gasteiger charge is 2.45. The first kappa shape index (κ1) is 26.4. The molecule has 0 amide bonds. The molecule has 4 heteroatoms. The van der Waals surface area contributed by atoms with Crippen molar-refractivity contribution in [3.05, 3.63) is 186 Å². The molecule has 47 heavy (non-hydrogen) atoms. The maximum absolute atomic E-state index is 5.28. The number of thiophene rings is 1. The summed E-state index contributed by atoms with van der Waals surface area (Å²) in [5, 5.41) is 2.62. The summed E-state index contributed by atoms with van der Waals surface area (Å²) in [6.45, 7) is 0. The monoisotopic (exact) mass is 617 g/mol. The van der Waals surface area contributed by atoms with Crippen LogP contribution >= 0.6 is 11.3 Å². The second-order valence-electron chi connectivity index (χ2n) is 12.2. The normalized spacial score (nSPS) is 13.3. The predicted octanol–water partition coefficient (Wildman–Crippen LogP) is 10.8. The first-order valence-electron chi connectivity index (χ1n) is 15.9. The van der Waals surface area contributed by atoms with E-state index in [1.54, 1.807) is 0 Å². The summed E-state index contributed by atoms with van der Waals surface area (Å²) < 4.78 is 5.01. The van der Waals surface area contributed by atoms with Crippen molar-refractivity contribution in [3.8, 4) is 28.2 Å². The van der Waals surface area contributed by atoms with Gasteiger partial charge in [0.2, 0.25) is 0 Å². The Balaban J connectivity index is 1.34. The van der Waals surface area contributed by atoms with Gasteiger partial charge < -0.3 is 0 Å². The molecule has 0 fully saturated rings. The lowest BCUT2D eigenvalue weighted by atomic mass is 9.63. The van der Waals surface area contributed by atoms with E-state index in [4.69, 9.17) is 4.98 Å². The van der Waals surface area contributed by atoms with Gasteiger partial charge in [0.25, 0.3) is 0 Å². The SMILES string of the molecule is c1ccc(C2(c3ccccc3)c3cc(-c4ccc5sc6ccccc6c5c4)ccc3-n3c(-c4ccncc4)nc4cccc2c43)cc1. The molecular formula is C43H27N3S. The molecule has 10 rings (SSSR count). The minimum Gasteiger partial charge on any atom is -0.292 e. The Hall–Kier alpha value is -5.84. The number of fused-ring (bicyclic) bond motifs is 5. The van der Waals surface area contributed by atoms with Crippen molar-refractivity contribution in [2.24, 2.45) is 0 Å². The van der Waals surface area contributed by atoms with Gasteiger partial charge in [-0.15, -0.1) is 11.3 Å². The van der Waals surface area contributed by atoms with Gasteiger partial charge in [-0.1, -0.05) is 103 Å². The number of nitrogens with zero attached hydrogens (tertiary/aromatic N) is 3. The average molecular weight is 618 g/mol. The fourth-order valence-electron chi connectivity index (χ4n) is 7.78. The molecule has 3 nitrogen and oxygen atoms in total. The van der Waals surface area contributed by atoms with E-state index < -0.39 is 5.41 Å². The van der Waals surface area contributed by atoms with Crippen LogP contribution in [0.1, 0.15) is 22.3 Å². The lowest BCUT2D eigenvalue weighted by Gasteiger charge is -2.41. The number of para-hydroxylation sites is 1. The van der Waals surface area contributed by atoms with Crippen LogP contribution in [0.25, 0.3) is 59.4 Å². The van der Waals surface area contributed by atoms with Crippen molar-refractivity contribution < 1.29 is 0 Å². The largest absolute Gasteiger partial charge is 0.292 e. The van der Waals surface area contributed by atoms with Crippen LogP contribution in [-0.4, -0.2) is 14.5 Å². The molecule has 1 aliphatic rings. The number of aromatic nitrogens is 3. The standard InChI is InChI=1S/C43H27N3S/c1-3-10-31(11-4-1)43(32-12-5-2-6-13-32)35-15-9-16-37-41(35)46(42(45-37)28-22-24-44-25-23-28)38-20-18-30(27-36(38)43)29-19-21-40-34(26-29)33-14-7-8-17-39(33)47-40/h1-27H. The van der Waals surface area contributed by atoms with E-state index in [1.807, 2.05) is 23.7 Å². The molecule has 0 bridgehead atoms. The predicted molar refractivity (Wildman–Crippen MR) is 194 cm³/mol. The minimum absolute atomic E-state index is 0.571. The molecule has 0 radical (unpaired) electrons. The lowest BCUT2D eigenvalue weighted by molar-refractivity contribution is 0.726. The third-order valence-electron chi connectivity index (χ3n) is 9.78. The molecule has 9 aromatic rings. The fraction of sp³-hybridized carbons (Fsp3) is 0.0233. The number of rotatable bonds is 4. The van der Waals surface area contributed by atoms with E-state index in [-0.39, 0.29) is 0 Å². The van der Waals surface area contributed by atoms with Gasteiger partial charge in [0.15, 0.2) is 0 Å². The fourth-order valence-corrected chi connectivity index (χ4v) is 8.87. The van der Waals surface area contributed by atoms with Gasteiger partial charge in [0.05, 0.1) is 22.1 Å². The van der Waals surface area contributed by atoms with Crippen molar-refractivity contribution in [1.29, 1.82) is 0 Å².